The summed E-state index contributed by atoms with van der Waals surface area (Å²) in [6.07, 6.45) is -3.38. The number of alkyl halides is 3. The SMILES string of the molecule is O=C(O)/C=C/c1cccc(Cl)c1OCCC(F)(F)F. The second-order valence-corrected chi connectivity index (χ2v) is 3.95. The molecule has 0 bridgehead atoms. The van der Waals surface area contributed by atoms with Gasteiger partial charge in [0.1, 0.15) is 5.75 Å². The van der Waals surface area contributed by atoms with Crippen LogP contribution in [0.2, 0.25) is 5.02 Å². The third kappa shape index (κ3) is 5.65. The average molecular weight is 295 g/mol. The Morgan fingerprint density at radius 1 is 1.42 bits per heavy atom. The van der Waals surface area contributed by atoms with Crippen LogP contribution in [0.25, 0.3) is 6.08 Å². The maximum atomic E-state index is 12.0. The zero-order valence-electron chi connectivity index (χ0n) is 9.58. The van der Waals surface area contributed by atoms with Crippen molar-refractivity contribution in [1.29, 1.82) is 0 Å². The molecule has 0 aromatic heterocycles. The molecule has 0 atom stereocenters. The van der Waals surface area contributed by atoms with E-state index in [9.17, 15) is 18.0 Å². The second kappa shape index (κ2) is 6.47. The molecule has 1 aromatic carbocycles. The van der Waals surface area contributed by atoms with E-state index in [-0.39, 0.29) is 10.8 Å². The minimum Gasteiger partial charge on any atom is -0.491 e. The number of carboxylic acids is 1. The first-order chi connectivity index (χ1) is 8.79. The molecule has 104 valence electrons. The van der Waals surface area contributed by atoms with Gasteiger partial charge in [-0.1, -0.05) is 23.7 Å². The summed E-state index contributed by atoms with van der Waals surface area (Å²) in [5.74, 6) is -1.15. The maximum absolute atomic E-state index is 12.0. The first kappa shape index (κ1) is 15.4. The average Bonchev–Trinajstić information content (AvgIpc) is 2.27. The van der Waals surface area contributed by atoms with Gasteiger partial charge in [-0.2, -0.15) is 13.2 Å². The third-order valence-electron chi connectivity index (χ3n) is 2.03. The molecule has 0 aliphatic heterocycles. The Morgan fingerprint density at radius 2 is 2.11 bits per heavy atom. The Balaban J connectivity index is 2.83. The van der Waals surface area contributed by atoms with Crippen LogP contribution in [0.15, 0.2) is 24.3 Å². The van der Waals surface area contributed by atoms with Gasteiger partial charge in [0.25, 0.3) is 0 Å². The van der Waals surface area contributed by atoms with Crippen LogP contribution >= 0.6 is 11.6 Å². The van der Waals surface area contributed by atoms with Gasteiger partial charge in [0.2, 0.25) is 0 Å². The Kier molecular flexibility index (Phi) is 5.23. The highest BCUT2D eigenvalue weighted by Crippen LogP contribution is 2.30. The number of benzene rings is 1. The number of para-hydroxylation sites is 1. The number of aliphatic carboxylic acids is 1. The molecule has 0 saturated heterocycles. The van der Waals surface area contributed by atoms with Gasteiger partial charge in [-0.25, -0.2) is 4.79 Å². The molecular formula is C12H10ClF3O3. The van der Waals surface area contributed by atoms with Crippen molar-refractivity contribution >= 4 is 23.6 Å². The monoisotopic (exact) mass is 294 g/mol. The molecule has 7 heteroatoms. The number of ether oxygens (including phenoxy) is 1. The van der Waals surface area contributed by atoms with E-state index in [4.69, 9.17) is 21.4 Å². The number of halogens is 4. The van der Waals surface area contributed by atoms with E-state index in [0.29, 0.717) is 5.56 Å². The molecule has 1 aromatic rings. The fraction of sp³-hybridized carbons (Fsp3) is 0.250. The van der Waals surface area contributed by atoms with Crippen molar-refractivity contribution in [3.63, 3.8) is 0 Å². The summed E-state index contributed by atoms with van der Waals surface area (Å²) in [4.78, 5) is 10.4. The van der Waals surface area contributed by atoms with Crippen molar-refractivity contribution in [3.8, 4) is 5.75 Å². The van der Waals surface area contributed by atoms with E-state index in [1.165, 1.54) is 18.2 Å². The summed E-state index contributed by atoms with van der Waals surface area (Å²) >= 11 is 5.81. The molecule has 0 aliphatic rings. The van der Waals surface area contributed by atoms with E-state index < -0.39 is 25.2 Å². The summed E-state index contributed by atoms with van der Waals surface area (Å²) < 4.78 is 41.0. The molecule has 3 nitrogen and oxygen atoms in total. The summed E-state index contributed by atoms with van der Waals surface area (Å²) in [5, 5.41) is 8.63. The van der Waals surface area contributed by atoms with Gasteiger partial charge in [-0.05, 0) is 12.1 Å². The Labute approximate surface area is 112 Å². The standard InChI is InChI=1S/C12H10ClF3O3/c13-9-3-1-2-8(4-5-10(17)18)11(9)19-7-6-12(14,15)16/h1-5H,6-7H2,(H,17,18)/b5-4+. The summed E-state index contributed by atoms with van der Waals surface area (Å²) in [5.41, 5.74) is 0.303. The molecule has 19 heavy (non-hydrogen) atoms. The van der Waals surface area contributed by atoms with Crippen LogP contribution in [0.3, 0.4) is 0 Å². The molecule has 0 fully saturated rings. The van der Waals surface area contributed by atoms with Crippen molar-refractivity contribution < 1.29 is 27.8 Å². The van der Waals surface area contributed by atoms with E-state index in [0.717, 1.165) is 6.08 Å². The van der Waals surface area contributed by atoms with E-state index in [1.54, 1.807) is 6.07 Å². The van der Waals surface area contributed by atoms with Gasteiger partial charge < -0.3 is 9.84 Å². The first-order valence-electron chi connectivity index (χ1n) is 5.18. The normalized spacial score (nSPS) is 11.8. The molecule has 0 radical (unpaired) electrons. The van der Waals surface area contributed by atoms with Crippen LogP contribution in [0.4, 0.5) is 13.2 Å². The smallest absolute Gasteiger partial charge is 0.392 e. The molecule has 0 heterocycles. The van der Waals surface area contributed by atoms with Crippen LogP contribution < -0.4 is 4.74 Å². The Bertz CT molecular complexity index is 484. The van der Waals surface area contributed by atoms with Crippen molar-refractivity contribution in [2.75, 3.05) is 6.61 Å². The van der Waals surface area contributed by atoms with Gasteiger partial charge in [-0.3, -0.25) is 0 Å². The van der Waals surface area contributed by atoms with Crippen molar-refractivity contribution in [3.05, 3.63) is 34.9 Å². The quantitative estimate of drug-likeness (QED) is 0.841. The molecule has 1 rings (SSSR count). The number of rotatable bonds is 5. The number of carbonyl (C=O) groups is 1. The molecule has 0 amide bonds. The van der Waals surface area contributed by atoms with E-state index >= 15 is 0 Å². The van der Waals surface area contributed by atoms with Crippen LogP contribution in [0.1, 0.15) is 12.0 Å². The van der Waals surface area contributed by atoms with Gasteiger partial charge >= 0.3 is 12.1 Å². The molecular weight excluding hydrogens is 285 g/mol. The highest BCUT2D eigenvalue weighted by atomic mass is 35.5. The topological polar surface area (TPSA) is 46.5 Å². The first-order valence-corrected chi connectivity index (χ1v) is 5.56. The number of hydrogen-bond acceptors (Lipinski definition) is 2. The zero-order chi connectivity index (χ0) is 14.5. The second-order valence-electron chi connectivity index (χ2n) is 3.54. The van der Waals surface area contributed by atoms with Gasteiger partial charge in [0.05, 0.1) is 18.1 Å². The Morgan fingerprint density at radius 3 is 2.68 bits per heavy atom. The van der Waals surface area contributed by atoms with Gasteiger partial charge in [-0.15, -0.1) is 0 Å². The molecule has 0 saturated carbocycles. The summed E-state index contributed by atoms with van der Waals surface area (Å²) in [6.45, 7) is -0.582. The van der Waals surface area contributed by atoms with Crippen LogP contribution in [-0.2, 0) is 4.79 Å². The minimum atomic E-state index is -4.32. The fourth-order valence-electron chi connectivity index (χ4n) is 1.24. The van der Waals surface area contributed by atoms with E-state index in [1.807, 2.05) is 0 Å². The van der Waals surface area contributed by atoms with Crippen molar-refractivity contribution in [1.82, 2.24) is 0 Å². The molecule has 0 spiro atoms. The Hall–Kier alpha value is -1.69. The lowest BCUT2D eigenvalue weighted by Gasteiger charge is -2.12. The molecule has 0 unspecified atom stereocenters. The zero-order valence-corrected chi connectivity index (χ0v) is 10.3. The van der Waals surface area contributed by atoms with Crippen molar-refractivity contribution in [2.24, 2.45) is 0 Å². The lowest BCUT2D eigenvalue weighted by Crippen LogP contribution is -2.13. The van der Waals surface area contributed by atoms with E-state index in [2.05, 4.69) is 0 Å². The number of hydrogen-bond donors (Lipinski definition) is 1. The van der Waals surface area contributed by atoms with Crippen LogP contribution in [0, 0.1) is 0 Å². The fourth-order valence-corrected chi connectivity index (χ4v) is 1.48. The lowest BCUT2D eigenvalue weighted by atomic mass is 10.2. The third-order valence-corrected chi connectivity index (χ3v) is 2.33. The highest BCUT2D eigenvalue weighted by molar-refractivity contribution is 6.32. The highest BCUT2D eigenvalue weighted by Gasteiger charge is 2.27. The predicted octanol–water partition coefficient (Wildman–Crippen LogP) is 3.77. The summed E-state index contributed by atoms with van der Waals surface area (Å²) in [7, 11) is 0. The maximum Gasteiger partial charge on any atom is 0.392 e. The largest absolute Gasteiger partial charge is 0.491 e. The van der Waals surface area contributed by atoms with Crippen LogP contribution in [-0.4, -0.2) is 23.9 Å². The van der Waals surface area contributed by atoms with Crippen LogP contribution in [0.5, 0.6) is 5.75 Å². The lowest BCUT2D eigenvalue weighted by molar-refractivity contribution is -0.139. The molecule has 0 aliphatic carbocycles. The predicted molar refractivity (Wildman–Crippen MR) is 64.3 cm³/mol. The number of carboxylic acid groups (broad SMARTS) is 1. The minimum absolute atomic E-state index is 0.0333. The van der Waals surface area contributed by atoms with Crippen molar-refractivity contribution in [2.45, 2.75) is 12.6 Å². The van der Waals surface area contributed by atoms with Gasteiger partial charge in [0, 0.05) is 11.6 Å². The molecule has 1 N–H and O–H groups in total. The van der Waals surface area contributed by atoms with Gasteiger partial charge in [0.15, 0.2) is 0 Å². The summed E-state index contributed by atoms with van der Waals surface area (Å²) in [6, 6.07) is 4.48.